The van der Waals surface area contributed by atoms with Gasteiger partial charge in [-0.05, 0) is 48.0 Å². The summed E-state index contributed by atoms with van der Waals surface area (Å²) in [7, 11) is 0. The van der Waals surface area contributed by atoms with Crippen molar-refractivity contribution in [2.45, 2.75) is 16.4 Å². The quantitative estimate of drug-likeness (QED) is 0.166. The molecule has 0 heterocycles. The molecule has 2 amide bonds. The average molecular weight is 597 g/mol. The van der Waals surface area contributed by atoms with Crippen LogP contribution in [0.2, 0.25) is 5.02 Å². The van der Waals surface area contributed by atoms with Gasteiger partial charge in [-0.15, -0.1) is 23.2 Å². The Balaban J connectivity index is 1.53. The largest absolute Gasteiger partial charge is 0.419 e. The summed E-state index contributed by atoms with van der Waals surface area (Å²) in [6.07, 6.45) is -4.97. The highest BCUT2D eigenvalue weighted by atomic mass is 35.5. The Labute approximate surface area is 225 Å². The zero-order valence-corrected chi connectivity index (χ0v) is 20.8. The molecule has 5 nitrogen and oxygen atoms in total. The predicted molar refractivity (Wildman–Crippen MR) is 131 cm³/mol. The van der Waals surface area contributed by atoms with E-state index < -0.39 is 68.4 Å². The van der Waals surface area contributed by atoms with Crippen molar-refractivity contribution in [3.05, 3.63) is 87.7 Å². The zero-order valence-electron chi connectivity index (χ0n) is 18.6. The number of nitrogen functional groups attached to an aromatic ring is 1. The highest BCUT2D eigenvalue weighted by Crippen LogP contribution is 2.65. The number of rotatable bonds is 5. The Kier molecular flexibility index (Phi) is 7.24. The van der Waals surface area contributed by atoms with Crippen LogP contribution in [0.1, 0.15) is 27.4 Å². The van der Waals surface area contributed by atoms with E-state index in [1.54, 1.807) is 0 Å². The maximum absolute atomic E-state index is 14.2. The molecular weight excluding hydrogens is 583 g/mol. The number of halogens is 9. The molecule has 2 atom stereocenters. The Morgan fingerprint density at radius 1 is 0.921 bits per heavy atom. The second-order valence-electron chi connectivity index (χ2n) is 8.33. The van der Waals surface area contributed by atoms with Crippen LogP contribution in [0.4, 0.5) is 43.4 Å². The first-order valence-corrected chi connectivity index (χ1v) is 11.7. The number of nitrogens with two attached hydrogens (primary N) is 1. The molecule has 1 saturated carbocycles. The highest BCUT2D eigenvalue weighted by Gasteiger charge is 2.67. The van der Waals surface area contributed by atoms with Crippen LogP contribution in [0.3, 0.4) is 0 Å². The molecule has 0 spiro atoms. The molecule has 1 aliphatic rings. The SMILES string of the molecule is Nc1c(F)ccc(C(=O)Nc2cc(NC(=O)[C@H]3[C@H](c4ccc(F)c(C(F)(F)F)c4)C3(Cl)Cl)ccc2Cl)c1F. The molecule has 1 aliphatic carbocycles. The molecule has 3 aromatic rings. The van der Waals surface area contributed by atoms with Crippen molar-refractivity contribution < 1.29 is 35.9 Å². The van der Waals surface area contributed by atoms with Gasteiger partial charge in [0.05, 0.1) is 27.8 Å². The van der Waals surface area contributed by atoms with E-state index in [0.29, 0.717) is 12.1 Å². The third-order valence-electron chi connectivity index (χ3n) is 5.84. The lowest BCUT2D eigenvalue weighted by Crippen LogP contribution is -2.18. The number of alkyl halides is 5. The lowest BCUT2D eigenvalue weighted by Gasteiger charge is -2.12. The molecular formula is C24H14Cl3F6N3O2. The second-order valence-corrected chi connectivity index (χ2v) is 10.2. The van der Waals surface area contributed by atoms with Gasteiger partial charge in [0.25, 0.3) is 5.91 Å². The molecule has 0 aliphatic heterocycles. The summed E-state index contributed by atoms with van der Waals surface area (Å²) >= 11 is 18.5. The normalized spacial score (nSPS) is 18.1. The topological polar surface area (TPSA) is 84.2 Å². The first-order valence-electron chi connectivity index (χ1n) is 10.5. The maximum Gasteiger partial charge on any atom is 0.419 e. The van der Waals surface area contributed by atoms with Gasteiger partial charge in [0, 0.05) is 11.6 Å². The summed E-state index contributed by atoms with van der Waals surface area (Å²) in [5.74, 6) is -7.90. The Bertz CT molecular complexity index is 1470. The Morgan fingerprint density at radius 3 is 2.24 bits per heavy atom. The Morgan fingerprint density at radius 2 is 1.58 bits per heavy atom. The van der Waals surface area contributed by atoms with E-state index in [-0.39, 0.29) is 22.0 Å². The van der Waals surface area contributed by atoms with Gasteiger partial charge in [-0.1, -0.05) is 17.7 Å². The van der Waals surface area contributed by atoms with Crippen LogP contribution in [0, 0.1) is 23.4 Å². The molecule has 3 aromatic carbocycles. The molecule has 0 radical (unpaired) electrons. The zero-order chi connectivity index (χ0) is 28.2. The molecule has 14 heteroatoms. The number of carbonyl (C=O) groups is 2. The highest BCUT2D eigenvalue weighted by molar-refractivity contribution is 6.53. The lowest BCUT2D eigenvalue weighted by atomic mass is 10.0. The van der Waals surface area contributed by atoms with E-state index in [9.17, 15) is 35.9 Å². The minimum atomic E-state index is -4.97. The van der Waals surface area contributed by atoms with Crippen molar-refractivity contribution in [2.75, 3.05) is 16.4 Å². The van der Waals surface area contributed by atoms with Crippen molar-refractivity contribution in [1.29, 1.82) is 0 Å². The van der Waals surface area contributed by atoms with Gasteiger partial charge in [-0.2, -0.15) is 13.2 Å². The fraction of sp³-hybridized carbons (Fsp3) is 0.167. The van der Waals surface area contributed by atoms with Crippen LogP contribution in [-0.2, 0) is 11.0 Å². The van der Waals surface area contributed by atoms with Crippen LogP contribution < -0.4 is 16.4 Å². The number of hydrogen-bond donors (Lipinski definition) is 3. The summed E-state index contributed by atoms with van der Waals surface area (Å²) in [5, 5.41) is 4.77. The van der Waals surface area contributed by atoms with E-state index >= 15 is 0 Å². The van der Waals surface area contributed by atoms with Crippen LogP contribution in [0.25, 0.3) is 0 Å². The summed E-state index contributed by atoms with van der Waals surface area (Å²) in [4.78, 5) is 25.4. The lowest BCUT2D eigenvalue weighted by molar-refractivity contribution is -0.140. The van der Waals surface area contributed by atoms with Crippen molar-refractivity contribution in [3.8, 4) is 0 Å². The number of benzene rings is 3. The number of amides is 2. The van der Waals surface area contributed by atoms with Gasteiger partial charge in [0.15, 0.2) is 5.82 Å². The summed E-state index contributed by atoms with van der Waals surface area (Å²) < 4.78 is 78.8. The van der Waals surface area contributed by atoms with Gasteiger partial charge in [0.2, 0.25) is 5.91 Å². The third-order valence-corrected chi connectivity index (χ3v) is 7.11. The molecule has 4 rings (SSSR count). The third kappa shape index (κ3) is 5.23. The van der Waals surface area contributed by atoms with Crippen LogP contribution >= 0.6 is 34.8 Å². The molecule has 200 valence electrons. The fourth-order valence-corrected chi connectivity index (χ4v) is 4.87. The molecule has 0 bridgehead atoms. The average Bonchev–Trinajstić information content (AvgIpc) is 3.41. The van der Waals surface area contributed by atoms with E-state index in [4.69, 9.17) is 40.5 Å². The Hall–Kier alpha value is -3.15. The predicted octanol–water partition coefficient (Wildman–Crippen LogP) is 7.14. The summed E-state index contributed by atoms with van der Waals surface area (Å²) in [6, 6.07) is 7.74. The van der Waals surface area contributed by atoms with Gasteiger partial charge < -0.3 is 16.4 Å². The van der Waals surface area contributed by atoms with E-state index in [0.717, 1.165) is 18.2 Å². The first kappa shape index (κ1) is 27.9. The molecule has 0 saturated heterocycles. The van der Waals surface area contributed by atoms with Crippen molar-refractivity contribution in [2.24, 2.45) is 5.92 Å². The summed E-state index contributed by atoms with van der Waals surface area (Å²) in [5.41, 5.74) is 2.24. The molecule has 38 heavy (non-hydrogen) atoms. The van der Waals surface area contributed by atoms with Crippen molar-refractivity contribution in [3.63, 3.8) is 0 Å². The maximum atomic E-state index is 14.2. The fourth-order valence-electron chi connectivity index (χ4n) is 3.87. The number of anilines is 3. The molecule has 0 aromatic heterocycles. The van der Waals surface area contributed by atoms with Crippen molar-refractivity contribution in [1.82, 2.24) is 0 Å². The first-order chi connectivity index (χ1) is 17.6. The monoisotopic (exact) mass is 595 g/mol. The number of nitrogens with one attached hydrogen (secondary N) is 2. The molecule has 0 unspecified atom stereocenters. The van der Waals surface area contributed by atoms with E-state index in [2.05, 4.69) is 10.6 Å². The van der Waals surface area contributed by atoms with Crippen LogP contribution in [0.5, 0.6) is 0 Å². The number of hydrogen-bond acceptors (Lipinski definition) is 3. The minimum Gasteiger partial charge on any atom is -0.394 e. The van der Waals surface area contributed by atoms with E-state index in [1.807, 2.05) is 0 Å². The van der Waals surface area contributed by atoms with Crippen LogP contribution in [-0.4, -0.2) is 16.1 Å². The summed E-state index contributed by atoms with van der Waals surface area (Å²) in [6.45, 7) is 0. The minimum absolute atomic E-state index is 0.00818. The van der Waals surface area contributed by atoms with Gasteiger partial charge in [-0.3, -0.25) is 9.59 Å². The van der Waals surface area contributed by atoms with Crippen LogP contribution in [0.15, 0.2) is 48.5 Å². The number of carbonyl (C=O) groups excluding carboxylic acids is 2. The smallest absolute Gasteiger partial charge is 0.394 e. The van der Waals surface area contributed by atoms with Gasteiger partial charge >= 0.3 is 6.18 Å². The standard InChI is InChI=1S/C24H14Cl3F6N3O2/c25-13-4-2-10(8-16(13)36-21(37)11-3-6-15(29)20(34)19(11)30)35-22(38)18-17(23(18,26)27)9-1-5-14(28)12(7-9)24(31,32)33/h1-8,17-18H,34H2,(H,35,38)(H,36,37)/t17-,18+/m0/s1. The second kappa shape index (κ2) is 9.87. The van der Waals surface area contributed by atoms with Gasteiger partial charge in [-0.25, -0.2) is 13.2 Å². The van der Waals surface area contributed by atoms with Gasteiger partial charge in [0.1, 0.15) is 21.7 Å². The molecule has 1 fully saturated rings. The molecule has 4 N–H and O–H groups in total. The van der Waals surface area contributed by atoms with Crippen molar-refractivity contribution >= 4 is 63.7 Å². The van der Waals surface area contributed by atoms with E-state index in [1.165, 1.54) is 18.2 Å².